The molecule has 24 heavy (non-hydrogen) atoms. The number of hydrogen-bond acceptors (Lipinski definition) is 0. The number of pyridine rings is 1. The molecule has 0 N–H and O–H groups in total. The van der Waals surface area contributed by atoms with Crippen LogP contribution in [-0.2, 0) is 6.54 Å². The second-order valence-corrected chi connectivity index (χ2v) is 8.91. The molecule has 0 radical (unpaired) electrons. The Kier molecular flexibility index (Phi) is 10.6. The van der Waals surface area contributed by atoms with E-state index in [1.807, 2.05) is 0 Å². The van der Waals surface area contributed by atoms with Crippen molar-refractivity contribution in [1.82, 2.24) is 0 Å². The van der Waals surface area contributed by atoms with E-state index < -0.39 is 0 Å². The summed E-state index contributed by atoms with van der Waals surface area (Å²) in [5.41, 5.74) is 0. The molecule has 1 heterocycles. The molecule has 0 amide bonds. The van der Waals surface area contributed by atoms with Crippen LogP contribution in [0.1, 0.15) is 57.8 Å². The molecule has 0 aliphatic heterocycles. The van der Waals surface area contributed by atoms with Gasteiger partial charge in [-0.2, -0.15) is 0 Å². The number of aryl methyl sites for hydroxylation is 1. The number of nitrogens with zero attached hydrogens (tertiary/aromatic N) is 1. The van der Waals surface area contributed by atoms with Crippen LogP contribution < -0.4 is 9.03 Å². The molecule has 0 saturated carbocycles. The Morgan fingerprint density at radius 3 is 1.79 bits per heavy atom. The molecule has 0 bridgehead atoms. The third-order valence-electron chi connectivity index (χ3n) is 4.35. The summed E-state index contributed by atoms with van der Waals surface area (Å²) in [6.45, 7) is 1.17. The Morgan fingerprint density at radius 1 is 0.583 bits per heavy atom. The van der Waals surface area contributed by atoms with E-state index in [4.69, 9.17) is 0 Å². The van der Waals surface area contributed by atoms with Crippen LogP contribution in [0, 0.1) is 0 Å². The molecule has 0 unspecified atom stereocenters. The molecule has 1 nitrogen and oxygen atoms in total. The fourth-order valence-corrected chi connectivity index (χ4v) is 4.88. The van der Waals surface area contributed by atoms with Crippen molar-refractivity contribution >= 4 is 19.4 Å². The summed E-state index contributed by atoms with van der Waals surface area (Å²) < 4.78 is 3.84. The predicted molar refractivity (Wildman–Crippen MR) is 105 cm³/mol. The third kappa shape index (κ3) is 9.25. The van der Waals surface area contributed by atoms with Gasteiger partial charge in [0.05, 0.1) is 0 Å². The van der Waals surface area contributed by atoms with E-state index in [2.05, 4.69) is 65.5 Å². The van der Waals surface area contributed by atoms with Gasteiger partial charge < -0.3 is 0 Å². The third-order valence-corrected chi connectivity index (χ3v) is 6.65. The van der Waals surface area contributed by atoms with Gasteiger partial charge in [0.25, 0.3) is 0 Å². The first-order valence-electron chi connectivity index (χ1n) is 9.57. The van der Waals surface area contributed by atoms with E-state index in [1.54, 1.807) is 4.46 Å². The van der Waals surface area contributed by atoms with Crippen molar-refractivity contribution in [2.24, 2.45) is 0 Å². The molecule has 0 saturated heterocycles. The number of benzene rings is 1. The predicted octanol–water partition coefficient (Wildman–Crippen LogP) is 4.93. The Balaban J connectivity index is 1.32. The molecule has 2 heteroatoms. The maximum absolute atomic E-state index is 2.29. The Morgan fingerprint density at radius 2 is 1.12 bits per heavy atom. The second kappa shape index (κ2) is 13.2. The van der Waals surface area contributed by atoms with Crippen LogP contribution in [0.5, 0.6) is 0 Å². The minimum absolute atomic E-state index is 0.692. The molecule has 130 valence electrons. The van der Waals surface area contributed by atoms with Gasteiger partial charge >= 0.3 is 124 Å². The summed E-state index contributed by atoms with van der Waals surface area (Å²) in [7, 11) is 0. The zero-order valence-electron chi connectivity index (χ0n) is 14.9. The number of rotatable bonds is 13. The van der Waals surface area contributed by atoms with Crippen LogP contribution in [0.25, 0.3) is 0 Å². The van der Waals surface area contributed by atoms with Crippen LogP contribution in [0.2, 0.25) is 5.32 Å². The van der Waals surface area contributed by atoms with Crippen molar-refractivity contribution in [3.8, 4) is 0 Å². The Labute approximate surface area is 154 Å². The number of unbranched alkanes of at least 4 members (excludes halogenated alkanes) is 8. The van der Waals surface area contributed by atoms with Gasteiger partial charge in [-0.3, -0.25) is 0 Å². The minimum atomic E-state index is 0.692. The summed E-state index contributed by atoms with van der Waals surface area (Å²) in [5.74, 6) is 0. The molecular formula is C22H32NSe+. The molecular weight excluding hydrogens is 357 g/mol. The van der Waals surface area contributed by atoms with E-state index in [0.717, 1.165) is 0 Å². The van der Waals surface area contributed by atoms with Gasteiger partial charge in [-0.15, -0.1) is 0 Å². The molecule has 1 aromatic heterocycles. The molecule has 0 aliphatic carbocycles. The maximum atomic E-state index is 2.29. The molecule has 0 aliphatic rings. The molecule has 2 aromatic rings. The fraction of sp³-hybridized carbons (Fsp3) is 0.500. The van der Waals surface area contributed by atoms with E-state index in [9.17, 15) is 0 Å². The van der Waals surface area contributed by atoms with Crippen LogP contribution in [0.15, 0.2) is 60.9 Å². The van der Waals surface area contributed by atoms with Gasteiger partial charge in [0.15, 0.2) is 12.4 Å². The average molecular weight is 389 g/mol. The van der Waals surface area contributed by atoms with Crippen molar-refractivity contribution in [2.75, 3.05) is 0 Å². The quantitative estimate of drug-likeness (QED) is 0.260. The summed E-state index contributed by atoms with van der Waals surface area (Å²) in [6.07, 6.45) is 17.0. The van der Waals surface area contributed by atoms with Crippen molar-refractivity contribution < 1.29 is 4.57 Å². The van der Waals surface area contributed by atoms with Crippen LogP contribution in [-0.4, -0.2) is 15.0 Å². The molecule has 0 fully saturated rings. The second-order valence-electron chi connectivity index (χ2n) is 6.46. The van der Waals surface area contributed by atoms with E-state index in [-0.39, 0.29) is 0 Å². The van der Waals surface area contributed by atoms with E-state index >= 15 is 0 Å². The molecule has 1 aromatic carbocycles. The van der Waals surface area contributed by atoms with Gasteiger partial charge in [0.2, 0.25) is 0 Å². The van der Waals surface area contributed by atoms with Crippen LogP contribution >= 0.6 is 0 Å². The van der Waals surface area contributed by atoms with Crippen molar-refractivity contribution in [3.63, 3.8) is 0 Å². The topological polar surface area (TPSA) is 3.88 Å². The average Bonchev–Trinajstić information content (AvgIpc) is 2.64. The summed E-state index contributed by atoms with van der Waals surface area (Å²) in [6, 6.07) is 17.3. The van der Waals surface area contributed by atoms with Crippen LogP contribution in [0.4, 0.5) is 0 Å². The molecule has 0 spiro atoms. The number of hydrogen-bond donors (Lipinski definition) is 0. The van der Waals surface area contributed by atoms with Crippen molar-refractivity contribution in [1.29, 1.82) is 0 Å². The SMILES string of the molecule is c1ccc([Se]CCCCCCCCCCC[n+]2ccccc2)cc1. The first-order valence-corrected chi connectivity index (χ1v) is 11.6. The van der Waals surface area contributed by atoms with Crippen LogP contribution in [0.3, 0.4) is 0 Å². The number of aromatic nitrogens is 1. The van der Waals surface area contributed by atoms with E-state index in [0.29, 0.717) is 15.0 Å². The summed E-state index contributed by atoms with van der Waals surface area (Å²) in [4.78, 5) is 0. The molecule has 2 rings (SSSR count). The van der Waals surface area contributed by atoms with E-state index in [1.165, 1.54) is 69.7 Å². The summed E-state index contributed by atoms with van der Waals surface area (Å²) >= 11 is 0.692. The standard InChI is InChI=1S/C22H32NSe/c1(2-4-6-12-18-23-19-13-9-14-20-23)3-5-7-15-21-24-22-16-10-8-11-17-22/h8-11,13-14,16-17,19-20H,1-7,12,15,18,21H2/q+1. The molecule has 0 atom stereocenters. The monoisotopic (exact) mass is 390 g/mol. The Bertz CT molecular complexity index is 463. The van der Waals surface area contributed by atoms with Gasteiger partial charge in [-0.1, -0.05) is 6.07 Å². The zero-order valence-corrected chi connectivity index (χ0v) is 16.6. The van der Waals surface area contributed by atoms with Gasteiger partial charge in [-0.25, -0.2) is 0 Å². The summed E-state index contributed by atoms with van der Waals surface area (Å²) in [5, 5.41) is 1.41. The van der Waals surface area contributed by atoms with Gasteiger partial charge in [-0.05, 0) is 0 Å². The zero-order chi connectivity index (χ0) is 16.7. The van der Waals surface area contributed by atoms with Gasteiger partial charge in [0.1, 0.15) is 0 Å². The fourth-order valence-electron chi connectivity index (χ4n) is 2.92. The first-order chi connectivity index (χ1) is 11.9. The first kappa shape index (κ1) is 19.2. The van der Waals surface area contributed by atoms with Crippen molar-refractivity contribution in [3.05, 3.63) is 60.9 Å². The van der Waals surface area contributed by atoms with Gasteiger partial charge in [0, 0.05) is 12.1 Å². The normalized spacial score (nSPS) is 10.8. The van der Waals surface area contributed by atoms with Crippen molar-refractivity contribution in [2.45, 2.75) is 69.7 Å². The Hall–Kier alpha value is -1.11.